The van der Waals surface area contributed by atoms with E-state index in [2.05, 4.69) is 0 Å². The van der Waals surface area contributed by atoms with Gasteiger partial charge in [0.15, 0.2) is 5.75 Å². The van der Waals surface area contributed by atoms with Gasteiger partial charge in [-0.05, 0) is 60.0 Å². The Morgan fingerprint density at radius 2 is 1.96 bits per heavy atom. The molecule has 0 aromatic heterocycles. The SMILES string of the molecule is Cc1c2c(c(C)c(Cl)c1OC(=O)CN(C)C)OC1(CCC1)CC2. The maximum absolute atomic E-state index is 12.0. The highest BCUT2D eigenvalue weighted by Crippen LogP contribution is 2.50. The predicted molar refractivity (Wildman–Crippen MR) is 90.6 cm³/mol. The molecule has 5 heteroatoms. The molecule has 1 aliphatic carbocycles. The standard InChI is InChI=1S/C18H24ClNO3/c1-11-13-6-9-18(7-5-8-18)23-16(13)12(2)15(19)17(11)22-14(21)10-20(3)4/h5-10H2,1-4H3. The van der Waals surface area contributed by atoms with E-state index in [-0.39, 0.29) is 18.1 Å². The minimum Gasteiger partial charge on any atom is -0.487 e. The van der Waals surface area contributed by atoms with E-state index in [9.17, 15) is 4.79 Å². The van der Waals surface area contributed by atoms with Crippen LogP contribution in [-0.4, -0.2) is 37.1 Å². The van der Waals surface area contributed by atoms with Crippen molar-refractivity contribution in [3.8, 4) is 11.5 Å². The summed E-state index contributed by atoms with van der Waals surface area (Å²) in [6.07, 6.45) is 5.48. The Kier molecular flexibility index (Phi) is 4.32. The number of hydrogen-bond acceptors (Lipinski definition) is 4. The van der Waals surface area contributed by atoms with Crippen LogP contribution in [0.2, 0.25) is 5.02 Å². The Morgan fingerprint density at radius 3 is 2.52 bits per heavy atom. The fourth-order valence-corrected chi connectivity index (χ4v) is 3.74. The van der Waals surface area contributed by atoms with Crippen molar-refractivity contribution < 1.29 is 14.3 Å². The van der Waals surface area contributed by atoms with E-state index in [1.165, 1.54) is 6.42 Å². The van der Waals surface area contributed by atoms with Gasteiger partial charge in [-0.3, -0.25) is 9.69 Å². The van der Waals surface area contributed by atoms with E-state index in [1.807, 2.05) is 27.9 Å². The molecule has 0 unspecified atom stereocenters. The van der Waals surface area contributed by atoms with Crippen LogP contribution in [0.4, 0.5) is 0 Å². The number of esters is 1. The van der Waals surface area contributed by atoms with E-state index in [1.54, 1.807) is 4.90 Å². The summed E-state index contributed by atoms with van der Waals surface area (Å²) in [5.41, 5.74) is 2.97. The van der Waals surface area contributed by atoms with Crippen molar-refractivity contribution in [2.75, 3.05) is 20.6 Å². The van der Waals surface area contributed by atoms with E-state index < -0.39 is 0 Å². The number of ether oxygens (including phenoxy) is 2. The lowest BCUT2D eigenvalue weighted by Crippen LogP contribution is -2.46. The Balaban J connectivity index is 1.94. The lowest BCUT2D eigenvalue weighted by Gasteiger charge is -2.46. The molecule has 0 saturated heterocycles. The highest BCUT2D eigenvalue weighted by molar-refractivity contribution is 6.33. The lowest BCUT2D eigenvalue weighted by atomic mass is 9.74. The van der Waals surface area contributed by atoms with Crippen LogP contribution in [0.5, 0.6) is 11.5 Å². The molecule has 0 bridgehead atoms. The predicted octanol–water partition coefficient (Wildman–Crippen LogP) is 3.67. The maximum Gasteiger partial charge on any atom is 0.325 e. The first-order chi connectivity index (χ1) is 10.8. The largest absolute Gasteiger partial charge is 0.487 e. The number of rotatable bonds is 3. The van der Waals surface area contributed by atoms with Crippen LogP contribution < -0.4 is 9.47 Å². The van der Waals surface area contributed by atoms with Gasteiger partial charge >= 0.3 is 5.97 Å². The number of fused-ring (bicyclic) bond motifs is 1. The van der Waals surface area contributed by atoms with Gasteiger partial charge in [0.2, 0.25) is 0 Å². The van der Waals surface area contributed by atoms with Crippen molar-refractivity contribution in [3.05, 3.63) is 21.7 Å². The van der Waals surface area contributed by atoms with Crippen LogP contribution in [0, 0.1) is 13.8 Å². The van der Waals surface area contributed by atoms with Gasteiger partial charge in [0, 0.05) is 16.7 Å². The van der Waals surface area contributed by atoms with Crippen LogP contribution in [0.25, 0.3) is 0 Å². The Bertz CT molecular complexity index is 650. The lowest BCUT2D eigenvalue weighted by molar-refractivity contribution is -0.135. The number of hydrogen-bond donors (Lipinski definition) is 0. The van der Waals surface area contributed by atoms with Gasteiger partial charge in [0.25, 0.3) is 0 Å². The van der Waals surface area contributed by atoms with Gasteiger partial charge in [-0.25, -0.2) is 0 Å². The average molecular weight is 338 g/mol. The number of benzene rings is 1. The summed E-state index contributed by atoms with van der Waals surface area (Å²) < 4.78 is 11.9. The molecule has 0 N–H and O–H groups in total. The molecule has 23 heavy (non-hydrogen) atoms. The second-order valence-corrected chi connectivity index (χ2v) is 7.43. The van der Waals surface area contributed by atoms with Gasteiger partial charge in [-0.15, -0.1) is 0 Å². The molecule has 1 aliphatic heterocycles. The van der Waals surface area contributed by atoms with Crippen molar-refractivity contribution >= 4 is 17.6 Å². The minimum atomic E-state index is -0.299. The number of carbonyl (C=O) groups excluding carboxylic acids is 1. The normalized spacial score (nSPS) is 18.3. The van der Waals surface area contributed by atoms with Crippen molar-refractivity contribution in [2.45, 2.75) is 51.6 Å². The summed E-state index contributed by atoms with van der Waals surface area (Å²) in [6.45, 7) is 4.14. The molecule has 126 valence electrons. The molecule has 3 rings (SSSR count). The van der Waals surface area contributed by atoms with Gasteiger partial charge < -0.3 is 9.47 Å². The summed E-state index contributed by atoms with van der Waals surface area (Å²) in [5, 5.41) is 0.490. The van der Waals surface area contributed by atoms with Gasteiger partial charge in [0.05, 0.1) is 11.6 Å². The molecule has 0 amide bonds. The smallest absolute Gasteiger partial charge is 0.325 e. The summed E-state index contributed by atoms with van der Waals surface area (Å²) >= 11 is 6.50. The highest BCUT2D eigenvalue weighted by Gasteiger charge is 2.43. The van der Waals surface area contributed by atoms with Gasteiger partial charge in [0.1, 0.15) is 11.4 Å². The maximum atomic E-state index is 12.0. The minimum absolute atomic E-state index is 0.0244. The van der Waals surface area contributed by atoms with E-state index in [4.69, 9.17) is 21.1 Å². The molecule has 0 radical (unpaired) electrons. The molecule has 0 atom stereocenters. The van der Waals surface area contributed by atoms with Gasteiger partial charge in [-0.2, -0.15) is 0 Å². The third kappa shape index (κ3) is 2.94. The van der Waals surface area contributed by atoms with Gasteiger partial charge in [-0.1, -0.05) is 11.6 Å². The van der Waals surface area contributed by atoms with Crippen molar-refractivity contribution in [1.82, 2.24) is 4.90 Å². The second-order valence-electron chi connectivity index (χ2n) is 7.05. The number of likely N-dealkylation sites (N-methyl/N-ethyl adjacent to an activating group) is 1. The summed E-state index contributed by atoms with van der Waals surface area (Å²) in [4.78, 5) is 13.8. The number of carbonyl (C=O) groups is 1. The summed E-state index contributed by atoms with van der Waals surface area (Å²) in [7, 11) is 3.67. The number of nitrogens with zero attached hydrogens (tertiary/aromatic N) is 1. The molecular formula is C18H24ClNO3. The number of halogens is 1. The Labute approximate surface area is 142 Å². The molecule has 1 aromatic rings. The zero-order valence-corrected chi connectivity index (χ0v) is 15.0. The fourth-order valence-electron chi connectivity index (χ4n) is 3.48. The molecule has 1 fully saturated rings. The topological polar surface area (TPSA) is 38.8 Å². The van der Waals surface area contributed by atoms with Crippen molar-refractivity contribution in [1.29, 1.82) is 0 Å². The summed E-state index contributed by atoms with van der Waals surface area (Å²) in [5.74, 6) is 1.10. The molecular weight excluding hydrogens is 314 g/mol. The molecule has 4 nitrogen and oxygen atoms in total. The Hall–Kier alpha value is -1.26. The van der Waals surface area contributed by atoms with Crippen LogP contribution in [0.15, 0.2) is 0 Å². The van der Waals surface area contributed by atoms with E-state index in [0.717, 1.165) is 48.1 Å². The van der Waals surface area contributed by atoms with E-state index >= 15 is 0 Å². The first-order valence-electron chi connectivity index (χ1n) is 8.19. The zero-order valence-electron chi connectivity index (χ0n) is 14.3. The van der Waals surface area contributed by atoms with Crippen LogP contribution in [-0.2, 0) is 11.2 Å². The first kappa shape index (κ1) is 16.6. The first-order valence-corrected chi connectivity index (χ1v) is 8.57. The highest BCUT2D eigenvalue weighted by atomic mass is 35.5. The van der Waals surface area contributed by atoms with Crippen LogP contribution in [0.1, 0.15) is 42.4 Å². The molecule has 2 aliphatic rings. The third-order valence-corrected chi connectivity index (χ3v) is 5.47. The average Bonchev–Trinajstić information content (AvgIpc) is 2.46. The fraction of sp³-hybridized carbons (Fsp3) is 0.611. The quantitative estimate of drug-likeness (QED) is 0.623. The van der Waals surface area contributed by atoms with Crippen LogP contribution in [0.3, 0.4) is 0 Å². The van der Waals surface area contributed by atoms with Crippen LogP contribution >= 0.6 is 11.6 Å². The molecule has 1 aromatic carbocycles. The van der Waals surface area contributed by atoms with Crippen molar-refractivity contribution in [2.24, 2.45) is 0 Å². The van der Waals surface area contributed by atoms with E-state index in [0.29, 0.717) is 10.8 Å². The zero-order chi connectivity index (χ0) is 16.8. The molecule has 1 heterocycles. The monoisotopic (exact) mass is 337 g/mol. The molecule has 1 spiro atoms. The molecule has 1 saturated carbocycles. The summed E-state index contributed by atoms with van der Waals surface area (Å²) in [6, 6.07) is 0. The Morgan fingerprint density at radius 1 is 1.26 bits per heavy atom. The second kappa shape index (κ2) is 5.99. The van der Waals surface area contributed by atoms with Crippen molar-refractivity contribution in [3.63, 3.8) is 0 Å². The third-order valence-electron chi connectivity index (χ3n) is 5.01.